The number of ether oxygens (including phenoxy) is 2. The number of methoxy groups -OCH3 is 2. The van der Waals surface area contributed by atoms with Crippen LogP contribution in [0.5, 0.6) is 11.5 Å². The van der Waals surface area contributed by atoms with Gasteiger partial charge in [0.15, 0.2) is 11.5 Å². The van der Waals surface area contributed by atoms with E-state index >= 15 is 0 Å². The molecule has 1 amide bonds. The second-order valence-electron chi connectivity index (χ2n) is 6.83. The number of carbonyl (C=O) groups is 1. The highest BCUT2D eigenvalue weighted by atomic mass is 35.5. The van der Waals surface area contributed by atoms with Crippen molar-refractivity contribution in [3.63, 3.8) is 0 Å². The summed E-state index contributed by atoms with van der Waals surface area (Å²) in [6.07, 6.45) is 0. The predicted octanol–water partition coefficient (Wildman–Crippen LogP) is 4.36. The number of amides is 1. The Morgan fingerprint density at radius 3 is 2.38 bits per heavy atom. The Labute approximate surface area is 199 Å². The SMILES string of the molecule is CCN(CC(=O)Nc1cc(Cl)c(Cl)cc1Cl)Cc1nc2cc(OC)c(OC)cc2c(=O)[nH]1. The minimum absolute atomic E-state index is 0.0424. The van der Waals surface area contributed by atoms with Crippen LogP contribution in [0.3, 0.4) is 0 Å². The van der Waals surface area contributed by atoms with E-state index in [-0.39, 0.29) is 34.6 Å². The molecule has 11 heteroatoms. The minimum atomic E-state index is -0.311. The quantitative estimate of drug-likeness (QED) is 0.447. The second-order valence-corrected chi connectivity index (χ2v) is 8.06. The Bertz CT molecular complexity index is 1220. The lowest BCUT2D eigenvalue weighted by atomic mass is 10.2. The topological polar surface area (TPSA) is 96.6 Å². The molecule has 0 fully saturated rings. The molecule has 8 nitrogen and oxygen atoms in total. The van der Waals surface area contributed by atoms with Gasteiger partial charge < -0.3 is 19.8 Å². The van der Waals surface area contributed by atoms with Gasteiger partial charge in [0.1, 0.15) is 5.82 Å². The normalized spacial score (nSPS) is 11.1. The molecule has 3 aromatic rings. The molecule has 2 aromatic carbocycles. The first kappa shape index (κ1) is 24.1. The van der Waals surface area contributed by atoms with Gasteiger partial charge in [-0.2, -0.15) is 0 Å². The number of likely N-dealkylation sites (N-methyl/N-ethyl adjacent to an activating group) is 1. The molecule has 0 radical (unpaired) electrons. The van der Waals surface area contributed by atoms with Gasteiger partial charge in [0.2, 0.25) is 5.91 Å². The number of benzene rings is 2. The van der Waals surface area contributed by atoms with Crippen LogP contribution in [0, 0.1) is 0 Å². The number of H-pyrrole nitrogens is 1. The van der Waals surface area contributed by atoms with Gasteiger partial charge in [-0.25, -0.2) is 4.98 Å². The molecular formula is C21H21Cl3N4O4. The van der Waals surface area contributed by atoms with Crippen molar-refractivity contribution in [2.24, 2.45) is 0 Å². The lowest BCUT2D eigenvalue weighted by Crippen LogP contribution is -2.34. The van der Waals surface area contributed by atoms with E-state index < -0.39 is 0 Å². The van der Waals surface area contributed by atoms with Crippen molar-refractivity contribution < 1.29 is 14.3 Å². The van der Waals surface area contributed by atoms with Gasteiger partial charge in [0.25, 0.3) is 5.56 Å². The summed E-state index contributed by atoms with van der Waals surface area (Å²) in [6.45, 7) is 2.72. The Kier molecular flexibility index (Phi) is 7.84. The zero-order chi connectivity index (χ0) is 23.4. The third-order valence-electron chi connectivity index (χ3n) is 4.73. The summed E-state index contributed by atoms with van der Waals surface area (Å²) in [4.78, 5) is 34.2. The fourth-order valence-corrected chi connectivity index (χ4v) is 3.69. The smallest absolute Gasteiger partial charge is 0.258 e. The summed E-state index contributed by atoms with van der Waals surface area (Å²) >= 11 is 18.0. The van der Waals surface area contributed by atoms with Crippen LogP contribution in [0.2, 0.25) is 15.1 Å². The first-order valence-corrected chi connectivity index (χ1v) is 10.7. The highest BCUT2D eigenvalue weighted by Gasteiger charge is 2.16. The third kappa shape index (κ3) is 5.45. The largest absolute Gasteiger partial charge is 0.493 e. The molecule has 0 spiro atoms. The number of rotatable bonds is 8. The van der Waals surface area contributed by atoms with Crippen molar-refractivity contribution in [2.75, 3.05) is 32.6 Å². The van der Waals surface area contributed by atoms with Crippen molar-refractivity contribution in [2.45, 2.75) is 13.5 Å². The van der Waals surface area contributed by atoms with Gasteiger partial charge in [-0.15, -0.1) is 0 Å². The molecule has 0 unspecified atom stereocenters. The Balaban J connectivity index is 1.78. The van der Waals surface area contributed by atoms with Crippen LogP contribution in [-0.4, -0.2) is 48.1 Å². The van der Waals surface area contributed by atoms with E-state index in [9.17, 15) is 9.59 Å². The molecular weight excluding hydrogens is 479 g/mol. The van der Waals surface area contributed by atoms with E-state index in [4.69, 9.17) is 44.3 Å². The van der Waals surface area contributed by atoms with Crippen LogP contribution in [-0.2, 0) is 11.3 Å². The highest BCUT2D eigenvalue weighted by molar-refractivity contribution is 6.44. The van der Waals surface area contributed by atoms with Gasteiger partial charge in [0.05, 0.1) is 59.0 Å². The van der Waals surface area contributed by atoms with Gasteiger partial charge >= 0.3 is 0 Å². The number of halogens is 3. The van der Waals surface area contributed by atoms with Gasteiger partial charge in [-0.1, -0.05) is 41.7 Å². The standard InChI is InChI=1S/C21H21Cl3N4O4/c1-4-28(10-20(29)26-16-7-13(23)12(22)6-14(16)24)9-19-25-15-8-18(32-3)17(31-2)5-11(15)21(30)27-19/h5-8H,4,9-10H2,1-3H3,(H,26,29)(H,25,27,30). The molecule has 0 aliphatic heterocycles. The average molecular weight is 500 g/mol. The monoisotopic (exact) mass is 498 g/mol. The molecule has 170 valence electrons. The van der Waals surface area contributed by atoms with Crippen LogP contribution in [0.4, 0.5) is 5.69 Å². The van der Waals surface area contributed by atoms with Crippen LogP contribution in [0.15, 0.2) is 29.1 Å². The maximum Gasteiger partial charge on any atom is 0.258 e. The molecule has 32 heavy (non-hydrogen) atoms. The number of aromatic nitrogens is 2. The van der Waals surface area contributed by atoms with E-state index in [1.165, 1.54) is 26.4 Å². The van der Waals surface area contributed by atoms with Crippen molar-refractivity contribution >= 4 is 57.3 Å². The maximum absolute atomic E-state index is 12.6. The molecule has 1 aromatic heterocycles. The van der Waals surface area contributed by atoms with Crippen molar-refractivity contribution in [1.29, 1.82) is 0 Å². The first-order chi connectivity index (χ1) is 15.2. The summed E-state index contributed by atoms with van der Waals surface area (Å²) in [5.41, 5.74) is 0.513. The van der Waals surface area contributed by atoms with Gasteiger partial charge in [0, 0.05) is 6.07 Å². The van der Waals surface area contributed by atoms with Crippen LogP contribution >= 0.6 is 34.8 Å². The fourth-order valence-electron chi connectivity index (χ4n) is 3.09. The minimum Gasteiger partial charge on any atom is -0.493 e. The number of hydrogen-bond acceptors (Lipinski definition) is 6. The number of fused-ring (bicyclic) bond motifs is 1. The Hall–Kier alpha value is -2.52. The number of hydrogen-bond donors (Lipinski definition) is 2. The molecule has 2 N–H and O–H groups in total. The Morgan fingerprint density at radius 2 is 1.72 bits per heavy atom. The lowest BCUT2D eigenvalue weighted by molar-refractivity contribution is -0.117. The number of carbonyl (C=O) groups excluding carboxylic acids is 1. The summed E-state index contributed by atoms with van der Waals surface area (Å²) in [7, 11) is 3.00. The molecule has 0 aliphatic rings. The number of anilines is 1. The number of nitrogens with one attached hydrogen (secondary N) is 2. The van der Waals surface area contributed by atoms with Crippen LogP contribution in [0.25, 0.3) is 10.9 Å². The second kappa shape index (κ2) is 10.4. The summed E-state index contributed by atoms with van der Waals surface area (Å²) < 4.78 is 10.5. The molecule has 1 heterocycles. The number of aromatic amines is 1. The van der Waals surface area contributed by atoms with E-state index in [1.807, 2.05) is 11.8 Å². The van der Waals surface area contributed by atoms with Gasteiger partial charge in [-0.05, 0) is 24.7 Å². The average Bonchev–Trinajstić information content (AvgIpc) is 2.76. The van der Waals surface area contributed by atoms with Crippen molar-refractivity contribution in [1.82, 2.24) is 14.9 Å². The summed E-state index contributed by atoms with van der Waals surface area (Å²) in [5.74, 6) is 1.01. The highest BCUT2D eigenvalue weighted by Crippen LogP contribution is 2.32. The molecule has 0 saturated heterocycles. The van der Waals surface area contributed by atoms with E-state index in [1.54, 1.807) is 12.1 Å². The van der Waals surface area contributed by atoms with E-state index in [0.717, 1.165) is 0 Å². The van der Waals surface area contributed by atoms with E-state index in [0.29, 0.717) is 45.5 Å². The van der Waals surface area contributed by atoms with E-state index in [2.05, 4.69) is 15.3 Å². The maximum atomic E-state index is 12.6. The number of nitrogens with zero attached hydrogens (tertiary/aromatic N) is 2. The van der Waals surface area contributed by atoms with Gasteiger partial charge in [-0.3, -0.25) is 14.5 Å². The van der Waals surface area contributed by atoms with Crippen molar-refractivity contribution in [3.8, 4) is 11.5 Å². The predicted molar refractivity (Wildman–Crippen MR) is 127 cm³/mol. The summed E-state index contributed by atoms with van der Waals surface area (Å²) in [6, 6.07) is 6.17. The zero-order valence-corrected chi connectivity index (χ0v) is 19.9. The summed E-state index contributed by atoms with van der Waals surface area (Å²) in [5, 5.41) is 3.95. The molecule has 0 aliphatic carbocycles. The lowest BCUT2D eigenvalue weighted by Gasteiger charge is -2.20. The third-order valence-corrected chi connectivity index (χ3v) is 5.77. The first-order valence-electron chi connectivity index (χ1n) is 9.57. The molecule has 3 rings (SSSR count). The molecule has 0 bridgehead atoms. The Morgan fingerprint density at radius 1 is 1.06 bits per heavy atom. The van der Waals surface area contributed by atoms with Crippen molar-refractivity contribution in [3.05, 3.63) is 55.5 Å². The fraction of sp³-hybridized carbons (Fsp3) is 0.286. The van der Waals surface area contributed by atoms with Crippen LogP contribution < -0.4 is 20.3 Å². The molecule has 0 atom stereocenters. The zero-order valence-electron chi connectivity index (χ0n) is 17.6. The van der Waals surface area contributed by atoms with Crippen LogP contribution in [0.1, 0.15) is 12.7 Å². The molecule has 0 saturated carbocycles.